The largest absolute Gasteiger partial charge is 0.439 e. The molecule has 0 saturated heterocycles. The van der Waals surface area contributed by atoms with Gasteiger partial charge in [0, 0.05) is 42.6 Å². The van der Waals surface area contributed by atoms with E-state index in [-0.39, 0.29) is 6.03 Å². The molecule has 0 atom stereocenters. The highest BCUT2D eigenvalue weighted by atomic mass is 16.5. The van der Waals surface area contributed by atoms with E-state index < -0.39 is 0 Å². The van der Waals surface area contributed by atoms with Gasteiger partial charge in [0.1, 0.15) is 12.1 Å². The molecule has 2 aliphatic rings. The predicted octanol–water partition coefficient (Wildman–Crippen LogP) is 3.16. The molecule has 0 fully saturated rings. The molecule has 3 aromatic rings. The van der Waals surface area contributed by atoms with E-state index in [4.69, 9.17) is 4.74 Å². The van der Waals surface area contributed by atoms with Crippen LogP contribution >= 0.6 is 0 Å². The molecule has 1 aromatic carbocycles. The average molecular weight is 416 g/mol. The number of benzene rings is 1. The Morgan fingerprint density at radius 3 is 3.03 bits per heavy atom. The van der Waals surface area contributed by atoms with Gasteiger partial charge in [-0.1, -0.05) is 0 Å². The topological polar surface area (TPSA) is 84.3 Å². The number of likely N-dealkylation sites (N-methyl/N-ethyl adjacent to an activating group) is 1. The number of carbonyl (C=O) groups excluding carboxylic acids is 1. The monoisotopic (exact) mass is 416 g/mol. The Hall–Kier alpha value is -3.65. The van der Waals surface area contributed by atoms with E-state index in [1.54, 1.807) is 10.8 Å². The maximum atomic E-state index is 12.9. The summed E-state index contributed by atoms with van der Waals surface area (Å²) in [4.78, 5) is 23.6. The maximum absolute atomic E-state index is 12.9. The van der Waals surface area contributed by atoms with Gasteiger partial charge in [0.25, 0.3) is 0 Å². The summed E-state index contributed by atoms with van der Waals surface area (Å²) in [6, 6.07) is 7.41. The number of carbonyl (C=O) groups is 1. The van der Waals surface area contributed by atoms with E-state index in [0.29, 0.717) is 18.2 Å². The Bertz CT molecular complexity index is 1230. The van der Waals surface area contributed by atoms with Crippen LogP contribution in [0, 0.1) is 0 Å². The Morgan fingerprint density at radius 1 is 1.26 bits per heavy atom. The number of hydrogen-bond acceptors (Lipinski definition) is 6. The van der Waals surface area contributed by atoms with Crippen LogP contribution in [0.3, 0.4) is 0 Å². The Labute approximate surface area is 180 Å². The number of amides is 1. The molecule has 0 unspecified atom stereocenters. The van der Waals surface area contributed by atoms with Gasteiger partial charge in [-0.25, -0.2) is 14.8 Å². The Balaban J connectivity index is 1.37. The molecule has 0 spiro atoms. The first-order valence-corrected chi connectivity index (χ1v) is 10.3. The standard InChI is InChI=1S/C23H24N6O2/c1-15-9-17(13-28(2)12-15)27-23(30)29-8-6-16-10-18(3-4-21(16)29)31-22-19-5-7-24-11-20(19)25-14-26-22/h3-4,6,8-10,12,14,24H,5,7,11,13H2,1-2H3,(H,27,30). The fourth-order valence-corrected chi connectivity index (χ4v) is 4.11. The molecular weight excluding hydrogens is 392 g/mol. The first kappa shape index (κ1) is 19.3. The highest BCUT2D eigenvalue weighted by Crippen LogP contribution is 2.29. The summed E-state index contributed by atoms with van der Waals surface area (Å²) < 4.78 is 7.71. The maximum Gasteiger partial charge on any atom is 0.330 e. The van der Waals surface area contributed by atoms with Crippen molar-refractivity contribution in [3.8, 4) is 11.6 Å². The second kappa shape index (κ2) is 7.88. The number of rotatable bonds is 3. The highest BCUT2D eigenvalue weighted by Gasteiger charge is 2.18. The molecule has 2 aromatic heterocycles. The van der Waals surface area contributed by atoms with Crippen LogP contribution in [0.2, 0.25) is 0 Å². The smallest absolute Gasteiger partial charge is 0.330 e. The lowest BCUT2D eigenvalue weighted by molar-refractivity contribution is 0.245. The molecule has 2 N–H and O–H groups in total. The number of fused-ring (bicyclic) bond motifs is 2. The molecule has 0 radical (unpaired) electrons. The van der Waals surface area contributed by atoms with Gasteiger partial charge in [-0.2, -0.15) is 0 Å². The van der Waals surface area contributed by atoms with Crippen molar-refractivity contribution < 1.29 is 9.53 Å². The summed E-state index contributed by atoms with van der Waals surface area (Å²) in [5, 5.41) is 7.24. The van der Waals surface area contributed by atoms with Crippen LogP contribution in [0.15, 0.2) is 60.3 Å². The molecule has 158 valence electrons. The number of hydrogen-bond donors (Lipinski definition) is 2. The average Bonchev–Trinajstić information content (AvgIpc) is 3.17. The van der Waals surface area contributed by atoms with E-state index in [9.17, 15) is 4.79 Å². The summed E-state index contributed by atoms with van der Waals surface area (Å²) in [7, 11) is 1.99. The Morgan fingerprint density at radius 2 is 2.16 bits per heavy atom. The van der Waals surface area contributed by atoms with Gasteiger partial charge in [0.2, 0.25) is 5.88 Å². The van der Waals surface area contributed by atoms with Gasteiger partial charge in [0.05, 0.1) is 17.8 Å². The molecule has 8 nitrogen and oxygen atoms in total. The van der Waals surface area contributed by atoms with Gasteiger partial charge in [-0.3, -0.25) is 4.57 Å². The third kappa shape index (κ3) is 3.89. The van der Waals surface area contributed by atoms with Crippen molar-refractivity contribution in [2.24, 2.45) is 0 Å². The lowest BCUT2D eigenvalue weighted by Gasteiger charge is -2.22. The SMILES string of the molecule is CC1=CN(C)CC(NC(=O)n2ccc3cc(Oc4ncnc5c4CCNC5)ccc32)=C1. The molecule has 0 bridgehead atoms. The van der Waals surface area contributed by atoms with Crippen LogP contribution in [0.5, 0.6) is 11.6 Å². The van der Waals surface area contributed by atoms with Crippen molar-refractivity contribution in [3.63, 3.8) is 0 Å². The quantitative estimate of drug-likeness (QED) is 0.682. The van der Waals surface area contributed by atoms with Crippen LogP contribution in [-0.4, -0.2) is 45.6 Å². The number of aromatic nitrogens is 3. The second-order valence-corrected chi connectivity index (χ2v) is 7.93. The molecule has 31 heavy (non-hydrogen) atoms. The zero-order chi connectivity index (χ0) is 21.4. The highest BCUT2D eigenvalue weighted by molar-refractivity contribution is 5.93. The van der Waals surface area contributed by atoms with E-state index >= 15 is 0 Å². The molecule has 0 saturated carbocycles. The number of nitrogens with zero attached hydrogens (tertiary/aromatic N) is 4. The van der Waals surface area contributed by atoms with E-state index in [1.807, 2.05) is 55.4 Å². The first-order valence-electron chi connectivity index (χ1n) is 10.3. The van der Waals surface area contributed by atoms with Crippen LogP contribution in [0.25, 0.3) is 10.9 Å². The minimum atomic E-state index is -0.185. The zero-order valence-corrected chi connectivity index (χ0v) is 17.6. The third-order valence-corrected chi connectivity index (χ3v) is 5.45. The second-order valence-electron chi connectivity index (χ2n) is 7.93. The minimum Gasteiger partial charge on any atom is -0.439 e. The van der Waals surface area contributed by atoms with Crippen LogP contribution in [-0.2, 0) is 13.0 Å². The molecule has 5 rings (SSSR count). The molecule has 8 heteroatoms. The van der Waals surface area contributed by atoms with Gasteiger partial charge < -0.3 is 20.3 Å². The van der Waals surface area contributed by atoms with Crippen LogP contribution in [0.4, 0.5) is 4.79 Å². The molecule has 0 aliphatic carbocycles. The molecule has 2 aliphatic heterocycles. The van der Waals surface area contributed by atoms with Crippen LogP contribution in [0.1, 0.15) is 18.2 Å². The van der Waals surface area contributed by atoms with E-state index in [1.165, 1.54) is 6.33 Å². The lowest BCUT2D eigenvalue weighted by atomic mass is 10.1. The van der Waals surface area contributed by atoms with Gasteiger partial charge in [-0.15, -0.1) is 0 Å². The van der Waals surface area contributed by atoms with Crippen molar-refractivity contribution in [2.45, 2.75) is 19.9 Å². The Kier molecular flexibility index (Phi) is 4.91. The van der Waals surface area contributed by atoms with Crippen molar-refractivity contribution in [1.29, 1.82) is 0 Å². The number of ether oxygens (including phenoxy) is 1. The van der Waals surface area contributed by atoms with Crippen LogP contribution < -0.4 is 15.4 Å². The van der Waals surface area contributed by atoms with E-state index in [2.05, 4.69) is 20.6 Å². The lowest BCUT2D eigenvalue weighted by Crippen LogP contribution is -2.33. The fourth-order valence-electron chi connectivity index (χ4n) is 4.11. The van der Waals surface area contributed by atoms with Gasteiger partial charge >= 0.3 is 6.03 Å². The van der Waals surface area contributed by atoms with Crippen molar-refractivity contribution in [2.75, 3.05) is 20.1 Å². The third-order valence-electron chi connectivity index (χ3n) is 5.45. The summed E-state index contributed by atoms with van der Waals surface area (Å²) in [6.07, 6.45) is 8.19. The summed E-state index contributed by atoms with van der Waals surface area (Å²) in [5.74, 6) is 1.28. The van der Waals surface area contributed by atoms with Gasteiger partial charge in [-0.05, 0) is 55.8 Å². The first-order chi connectivity index (χ1) is 15.1. The van der Waals surface area contributed by atoms with Crippen molar-refractivity contribution in [3.05, 3.63) is 71.6 Å². The fraction of sp³-hybridized carbons (Fsp3) is 0.261. The summed E-state index contributed by atoms with van der Waals surface area (Å²) >= 11 is 0. The van der Waals surface area contributed by atoms with E-state index in [0.717, 1.165) is 52.9 Å². The number of allylic oxidation sites excluding steroid dienone is 2. The molecule has 1 amide bonds. The minimum absolute atomic E-state index is 0.185. The molecule has 4 heterocycles. The van der Waals surface area contributed by atoms with Gasteiger partial charge in [0.15, 0.2) is 0 Å². The zero-order valence-electron chi connectivity index (χ0n) is 17.6. The normalized spacial score (nSPS) is 15.9. The molecular formula is C23H24N6O2. The van der Waals surface area contributed by atoms with Crippen molar-refractivity contribution >= 4 is 16.9 Å². The summed E-state index contributed by atoms with van der Waals surface area (Å²) in [5.41, 5.74) is 4.82. The van der Waals surface area contributed by atoms with Crippen molar-refractivity contribution in [1.82, 2.24) is 30.1 Å². The predicted molar refractivity (Wildman–Crippen MR) is 118 cm³/mol. The number of nitrogens with one attached hydrogen (secondary N) is 2. The summed E-state index contributed by atoms with van der Waals surface area (Å²) in [6.45, 7) is 4.29.